The first-order chi connectivity index (χ1) is 13.4. The molecule has 0 bridgehead atoms. The van der Waals surface area contributed by atoms with Crippen molar-refractivity contribution in [3.8, 4) is 0 Å². The van der Waals surface area contributed by atoms with Crippen molar-refractivity contribution in [3.63, 3.8) is 0 Å². The summed E-state index contributed by atoms with van der Waals surface area (Å²) in [4.78, 5) is 36.1. The number of aryl methyl sites for hydroxylation is 1. The minimum atomic E-state index is -1.24. The lowest BCUT2D eigenvalue weighted by Crippen LogP contribution is -2.48. The minimum absolute atomic E-state index is 0.0589. The molecule has 2 aromatic carbocycles. The van der Waals surface area contributed by atoms with E-state index in [9.17, 15) is 19.7 Å². The maximum atomic E-state index is 13.0. The number of nitrogens with one attached hydrogen (secondary N) is 1. The van der Waals surface area contributed by atoms with Crippen LogP contribution in [0.25, 0.3) is 0 Å². The van der Waals surface area contributed by atoms with Crippen LogP contribution < -0.4 is 5.32 Å². The minimum Gasteiger partial charge on any atom is -0.445 e. The summed E-state index contributed by atoms with van der Waals surface area (Å²) in [6.45, 7) is 1.82. The van der Waals surface area contributed by atoms with Crippen molar-refractivity contribution in [1.29, 1.82) is 0 Å². The van der Waals surface area contributed by atoms with E-state index in [0.29, 0.717) is 24.1 Å². The van der Waals surface area contributed by atoms with Crippen molar-refractivity contribution in [1.82, 2.24) is 0 Å². The number of rotatable bonds is 5. The first-order valence-corrected chi connectivity index (χ1v) is 9.26. The monoisotopic (exact) mass is 382 g/mol. The van der Waals surface area contributed by atoms with Crippen molar-refractivity contribution in [3.05, 3.63) is 69.8 Å². The number of nitrogens with zero attached hydrogens (tertiary/aromatic N) is 1. The van der Waals surface area contributed by atoms with Crippen LogP contribution in [0.4, 0.5) is 11.4 Å². The first-order valence-electron chi connectivity index (χ1n) is 9.26. The first kappa shape index (κ1) is 19.5. The molecule has 1 fully saturated rings. The molecule has 0 aromatic heterocycles. The van der Waals surface area contributed by atoms with Crippen LogP contribution in [0.15, 0.2) is 48.5 Å². The maximum absolute atomic E-state index is 13.0. The van der Waals surface area contributed by atoms with Crippen LogP contribution in [0, 0.1) is 17.0 Å². The van der Waals surface area contributed by atoms with Crippen molar-refractivity contribution in [2.75, 3.05) is 5.32 Å². The van der Waals surface area contributed by atoms with Gasteiger partial charge in [-0.25, -0.2) is 4.79 Å². The van der Waals surface area contributed by atoms with E-state index in [1.807, 2.05) is 19.1 Å². The molecule has 0 atom stereocenters. The summed E-state index contributed by atoms with van der Waals surface area (Å²) < 4.78 is 5.78. The predicted molar refractivity (Wildman–Crippen MR) is 104 cm³/mol. The molecule has 3 rings (SSSR count). The summed E-state index contributed by atoms with van der Waals surface area (Å²) in [7, 11) is 0. The lowest BCUT2D eigenvalue weighted by atomic mass is 9.83. The summed E-state index contributed by atoms with van der Waals surface area (Å²) in [5.41, 5.74) is 0.355. The zero-order valence-electron chi connectivity index (χ0n) is 15.6. The van der Waals surface area contributed by atoms with E-state index in [0.717, 1.165) is 24.8 Å². The van der Waals surface area contributed by atoms with Gasteiger partial charge in [-0.05, 0) is 56.4 Å². The zero-order chi connectivity index (χ0) is 20.1. The predicted octanol–water partition coefficient (Wildman–Crippen LogP) is 4.40. The van der Waals surface area contributed by atoms with Gasteiger partial charge in [0, 0.05) is 17.8 Å². The van der Waals surface area contributed by atoms with Crippen molar-refractivity contribution >= 4 is 23.3 Å². The molecule has 0 saturated heterocycles. The number of ether oxygens (including phenoxy) is 1. The largest absolute Gasteiger partial charge is 0.445 e. The van der Waals surface area contributed by atoms with Gasteiger partial charge in [0.1, 0.15) is 0 Å². The molecule has 7 nitrogen and oxygen atoms in total. The normalized spacial score (nSPS) is 15.5. The number of nitro groups is 1. The summed E-state index contributed by atoms with van der Waals surface area (Å²) in [5, 5.41) is 13.5. The van der Waals surface area contributed by atoms with Crippen molar-refractivity contribution in [2.45, 2.75) is 44.6 Å². The molecule has 2 aromatic rings. The number of esters is 1. The van der Waals surface area contributed by atoms with Gasteiger partial charge in [0.05, 0.1) is 10.5 Å². The Labute approximate surface area is 162 Å². The highest BCUT2D eigenvalue weighted by atomic mass is 16.6. The molecule has 0 radical (unpaired) electrons. The highest BCUT2D eigenvalue weighted by Gasteiger charge is 2.43. The average Bonchev–Trinajstić information content (AvgIpc) is 2.69. The highest BCUT2D eigenvalue weighted by molar-refractivity contribution is 6.00. The Morgan fingerprint density at radius 3 is 2.29 bits per heavy atom. The SMILES string of the molecule is Cc1ccccc1C(=O)OC1(C(=O)Nc2ccc([N+](=O)[O-])cc2)CCCCC1. The molecule has 0 unspecified atom stereocenters. The Morgan fingerprint density at radius 1 is 1.04 bits per heavy atom. The topological polar surface area (TPSA) is 98.5 Å². The second-order valence-corrected chi connectivity index (χ2v) is 7.02. The van der Waals surface area contributed by atoms with E-state index < -0.39 is 22.4 Å². The van der Waals surface area contributed by atoms with Gasteiger partial charge in [0.2, 0.25) is 0 Å². The van der Waals surface area contributed by atoms with Gasteiger partial charge in [-0.1, -0.05) is 24.6 Å². The van der Waals surface area contributed by atoms with Crippen LogP contribution in [0.5, 0.6) is 0 Å². The second kappa shape index (κ2) is 8.21. The van der Waals surface area contributed by atoms with Crippen LogP contribution >= 0.6 is 0 Å². The molecule has 0 heterocycles. The van der Waals surface area contributed by atoms with Crippen LogP contribution in [0.3, 0.4) is 0 Å². The van der Waals surface area contributed by atoms with E-state index >= 15 is 0 Å². The fourth-order valence-corrected chi connectivity index (χ4v) is 3.44. The lowest BCUT2D eigenvalue weighted by Gasteiger charge is -2.35. The highest BCUT2D eigenvalue weighted by Crippen LogP contribution is 2.34. The molecule has 28 heavy (non-hydrogen) atoms. The molecule has 1 saturated carbocycles. The molecular weight excluding hydrogens is 360 g/mol. The number of amides is 1. The summed E-state index contributed by atoms with van der Waals surface area (Å²) in [5.74, 6) is -0.915. The number of anilines is 1. The van der Waals surface area contributed by atoms with Crippen LogP contribution in [-0.4, -0.2) is 22.4 Å². The number of non-ortho nitro benzene ring substituents is 1. The standard InChI is InChI=1S/C21H22N2O5/c1-15-7-3-4-8-18(15)19(24)28-21(13-5-2-6-14-21)20(25)22-16-9-11-17(12-10-16)23(26)27/h3-4,7-12H,2,5-6,13-14H2,1H3,(H,22,25). The molecular formula is C21H22N2O5. The quantitative estimate of drug-likeness (QED) is 0.469. The third kappa shape index (κ3) is 4.19. The van der Waals surface area contributed by atoms with E-state index in [-0.39, 0.29) is 5.69 Å². The second-order valence-electron chi connectivity index (χ2n) is 7.02. The number of carbonyl (C=O) groups excluding carboxylic acids is 2. The van der Waals surface area contributed by atoms with E-state index in [4.69, 9.17) is 4.74 Å². The Kier molecular flexibility index (Phi) is 5.73. The molecule has 0 aliphatic heterocycles. The Hall–Kier alpha value is -3.22. The Bertz CT molecular complexity index is 886. The third-order valence-corrected chi connectivity index (χ3v) is 5.06. The summed E-state index contributed by atoms with van der Waals surface area (Å²) in [6.07, 6.45) is 3.45. The number of hydrogen-bond acceptors (Lipinski definition) is 5. The molecule has 146 valence electrons. The summed E-state index contributed by atoms with van der Waals surface area (Å²) >= 11 is 0. The van der Waals surface area contributed by atoms with Gasteiger partial charge in [0.15, 0.2) is 5.60 Å². The third-order valence-electron chi connectivity index (χ3n) is 5.06. The number of carbonyl (C=O) groups is 2. The number of nitro benzene ring substituents is 1. The smallest absolute Gasteiger partial charge is 0.339 e. The molecule has 1 aliphatic carbocycles. The van der Waals surface area contributed by atoms with E-state index in [1.54, 1.807) is 12.1 Å². The van der Waals surface area contributed by atoms with E-state index in [2.05, 4.69) is 5.32 Å². The van der Waals surface area contributed by atoms with Crippen LogP contribution in [-0.2, 0) is 9.53 Å². The summed E-state index contributed by atoms with van der Waals surface area (Å²) in [6, 6.07) is 12.7. The lowest BCUT2D eigenvalue weighted by molar-refractivity contribution is -0.384. The molecule has 1 amide bonds. The molecule has 1 N–H and O–H groups in total. The number of benzene rings is 2. The fraction of sp³-hybridized carbons (Fsp3) is 0.333. The van der Waals surface area contributed by atoms with Gasteiger partial charge >= 0.3 is 5.97 Å². The van der Waals surface area contributed by atoms with Gasteiger partial charge in [-0.15, -0.1) is 0 Å². The Balaban J connectivity index is 1.80. The zero-order valence-corrected chi connectivity index (χ0v) is 15.6. The van der Waals surface area contributed by atoms with Gasteiger partial charge < -0.3 is 10.1 Å². The van der Waals surface area contributed by atoms with Gasteiger partial charge in [0.25, 0.3) is 11.6 Å². The molecule has 1 aliphatic rings. The number of hydrogen-bond donors (Lipinski definition) is 1. The van der Waals surface area contributed by atoms with Gasteiger partial charge in [-0.3, -0.25) is 14.9 Å². The van der Waals surface area contributed by atoms with Gasteiger partial charge in [-0.2, -0.15) is 0 Å². The Morgan fingerprint density at radius 2 is 1.68 bits per heavy atom. The van der Waals surface area contributed by atoms with Crippen molar-refractivity contribution in [2.24, 2.45) is 0 Å². The maximum Gasteiger partial charge on any atom is 0.339 e. The molecule has 7 heteroatoms. The van der Waals surface area contributed by atoms with Crippen molar-refractivity contribution < 1.29 is 19.2 Å². The fourth-order valence-electron chi connectivity index (χ4n) is 3.44. The molecule has 0 spiro atoms. The van der Waals surface area contributed by atoms with E-state index in [1.165, 1.54) is 24.3 Å². The van der Waals surface area contributed by atoms with Crippen LogP contribution in [0.1, 0.15) is 48.0 Å². The average molecular weight is 382 g/mol. The van der Waals surface area contributed by atoms with Crippen LogP contribution in [0.2, 0.25) is 0 Å².